The lowest BCUT2D eigenvalue weighted by Crippen LogP contribution is -2.11. The normalized spacial score (nSPS) is 14.5. The van der Waals surface area contributed by atoms with Crippen LogP contribution in [0.4, 0.5) is 5.69 Å². The molecule has 0 saturated carbocycles. The first-order valence-electron chi connectivity index (χ1n) is 4.41. The van der Waals surface area contributed by atoms with Crippen LogP contribution in [-0.4, -0.2) is 13.7 Å². The highest BCUT2D eigenvalue weighted by molar-refractivity contribution is 5.62. The van der Waals surface area contributed by atoms with E-state index in [-0.39, 0.29) is 0 Å². The Hall–Kier alpha value is -1.38. The Morgan fingerprint density at radius 1 is 1.46 bits per heavy atom. The van der Waals surface area contributed by atoms with Gasteiger partial charge in [-0.1, -0.05) is 0 Å². The van der Waals surface area contributed by atoms with E-state index in [0.29, 0.717) is 5.69 Å². The minimum absolute atomic E-state index is 0.704. The van der Waals surface area contributed by atoms with Crippen molar-refractivity contribution in [3.8, 4) is 11.5 Å². The summed E-state index contributed by atoms with van der Waals surface area (Å²) >= 11 is 0. The lowest BCUT2D eigenvalue weighted by molar-refractivity contribution is 0.284. The second-order valence-electron chi connectivity index (χ2n) is 3.12. The third-order valence-corrected chi connectivity index (χ3v) is 2.29. The number of benzene rings is 1. The van der Waals surface area contributed by atoms with Crippen LogP contribution in [0.5, 0.6) is 11.5 Å². The zero-order valence-corrected chi connectivity index (χ0v) is 7.67. The van der Waals surface area contributed by atoms with E-state index in [1.165, 1.54) is 0 Å². The highest BCUT2D eigenvalue weighted by Gasteiger charge is 2.17. The largest absolute Gasteiger partial charge is 0.496 e. The number of fused-ring (bicyclic) bond motifs is 1. The predicted molar refractivity (Wildman–Crippen MR) is 51.2 cm³/mol. The summed E-state index contributed by atoms with van der Waals surface area (Å²) in [5.41, 5.74) is 7.59. The average Bonchev–Trinajstić information content (AvgIpc) is 2.19. The number of hydrogen-bond acceptors (Lipinski definition) is 3. The molecule has 1 aliphatic rings. The molecule has 70 valence electrons. The van der Waals surface area contributed by atoms with Crippen molar-refractivity contribution in [3.05, 3.63) is 17.7 Å². The molecule has 1 aliphatic heterocycles. The van der Waals surface area contributed by atoms with Crippen molar-refractivity contribution < 1.29 is 9.47 Å². The van der Waals surface area contributed by atoms with E-state index in [9.17, 15) is 0 Å². The van der Waals surface area contributed by atoms with E-state index in [0.717, 1.165) is 36.5 Å². The molecule has 0 aliphatic carbocycles. The van der Waals surface area contributed by atoms with Crippen molar-refractivity contribution in [2.24, 2.45) is 0 Å². The summed E-state index contributed by atoms with van der Waals surface area (Å²) in [4.78, 5) is 0. The van der Waals surface area contributed by atoms with E-state index in [2.05, 4.69) is 0 Å². The summed E-state index contributed by atoms with van der Waals surface area (Å²) < 4.78 is 10.7. The van der Waals surface area contributed by atoms with E-state index >= 15 is 0 Å². The number of nitrogen functional groups attached to an aromatic ring is 1. The monoisotopic (exact) mass is 179 g/mol. The van der Waals surface area contributed by atoms with Crippen molar-refractivity contribution >= 4 is 5.69 Å². The SMILES string of the molecule is COc1ccc(N)c2c1CCCO2. The zero-order chi connectivity index (χ0) is 9.26. The molecule has 0 atom stereocenters. The van der Waals surface area contributed by atoms with Gasteiger partial charge in [0.1, 0.15) is 11.5 Å². The Bertz CT molecular complexity index is 323. The van der Waals surface area contributed by atoms with Crippen LogP contribution in [0, 0.1) is 0 Å². The standard InChI is InChI=1S/C10H13NO2/c1-12-9-5-4-8(11)10-7(9)3-2-6-13-10/h4-5H,2-3,6,11H2,1H3. The molecule has 0 radical (unpaired) electrons. The molecule has 0 spiro atoms. The van der Waals surface area contributed by atoms with Crippen LogP contribution >= 0.6 is 0 Å². The molecular weight excluding hydrogens is 166 g/mol. The molecule has 3 heteroatoms. The van der Waals surface area contributed by atoms with Gasteiger partial charge in [0.2, 0.25) is 0 Å². The molecule has 0 bridgehead atoms. The van der Waals surface area contributed by atoms with Gasteiger partial charge in [-0.2, -0.15) is 0 Å². The molecule has 0 saturated heterocycles. The Morgan fingerprint density at radius 2 is 2.31 bits per heavy atom. The Balaban J connectivity index is 2.52. The highest BCUT2D eigenvalue weighted by Crippen LogP contribution is 2.37. The van der Waals surface area contributed by atoms with Crippen LogP contribution in [0.1, 0.15) is 12.0 Å². The number of hydrogen-bond donors (Lipinski definition) is 1. The van der Waals surface area contributed by atoms with Crippen molar-refractivity contribution in [2.75, 3.05) is 19.5 Å². The van der Waals surface area contributed by atoms with Crippen molar-refractivity contribution in [3.63, 3.8) is 0 Å². The third-order valence-electron chi connectivity index (χ3n) is 2.29. The molecule has 13 heavy (non-hydrogen) atoms. The van der Waals surface area contributed by atoms with Crippen molar-refractivity contribution in [1.82, 2.24) is 0 Å². The number of ether oxygens (including phenoxy) is 2. The number of rotatable bonds is 1. The molecule has 1 aromatic rings. The van der Waals surface area contributed by atoms with E-state index in [4.69, 9.17) is 15.2 Å². The first kappa shape index (κ1) is 8.23. The quantitative estimate of drug-likeness (QED) is 0.666. The fourth-order valence-corrected chi connectivity index (χ4v) is 1.65. The zero-order valence-electron chi connectivity index (χ0n) is 7.67. The lowest BCUT2D eigenvalue weighted by Gasteiger charge is -2.20. The molecule has 3 nitrogen and oxygen atoms in total. The third kappa shape index (κ3) is 1.30. The van der Waals surface area contributed by atoms with Crippen molar-refractivity contribution in [2.45, 2.75) is 12.8 Å². The van der Waals surface area contributed by atoms with Gasteiger partial charge >= 0.3 is 0 Å². The smallest absolute Gasteiger partial charge is 0.149 e. The number of methoxy groups -OCH3 is 1. The second-order valence-corrected chi connectivity index (χ2v) is 3.12. The Labute approximate surface area is 77.5 Å². The van der Waals surface area contributed by atoms with Crippen LogP contribution in [-0.2, 0) is 6.42 Å². The van der Waals surface area contributed by atoms with Gasteiger partial charge in [0, 0.05) is 5.56 Å². The van der Waals surface area contributed by atoms with Gasteiger partial charge in [0.15, 0.2) is 0 Å². The number of anilines is 1. The van der Waals surface area contributed by atoms with Crippen LogP contribution in [0.2, 0.25) is 0 Å². The maximum Gasteiger partial charge on any atom is 0.149 e. The summed E-state index contributed by atoms with van der Waals surface area (Å²) in [6.45, 7) is 0.754. The van der Waals surface area contributed by atoms with Gasteiger partial charge in [0.05, 0.1) is 19.4 Å². The van der Waals surface area contributed by atoms with Crippen LogP contribution in [0.15, 0.2) is 12.1 Å². The Kier molecular flexibility index (Phi) is 2.00. The minimum Gasteiger partial charge on any atom is -0.496 e. The summed E-state index contributed by atoms with van der Waals surface area (Å²) in [5.74, 6) is 1.69. The summed E-state index contributed by atoms with van der Waals surface area (Å²) in [7, 11) is 1.67. The minimum atomic E-state index is 0.704. The molecule has 0 amide bonds. The van der Waals surface area contributed by atoms with Gasteiger partial charge in [-0.25, -0.2) is 0 Å². The maximum atomic E-state index is 5.78. The summed E-state index contributed by atoms with van der Waals surface area (Å²) in [6, 6.07) is 3.71. The topological polar surface area (TPSA) is 44.5 Å². The number of nitrogens with two attached hydrogens (primary N) is 1. The lowest BCUT2D eigenvalue weighted by atomic mass is 10.0. The molecule has 0 fully saturated rings. The Morgan fingerprint density at radius 3 is 3.08 bits per heavy atom. The maximum absolute atomic E-state index is 5.78. The molecule has 2 N–H and O–H groups in total. The summed E-state index contributed by atoms with van der Waals surface area (Å²) in [5, 5.41) is 0. The predicted octanol–water partition coefficient (Wildman–Crippen LogP) is 1.60. The van der Waals surface area contributed by atoms with Gasteiger partial charge in [-0.15, -0.1) is 0 Å². The molecule has 0 unspecified atom stereocenters. The summed E-state index contributed by atoms with van der Waals surface area (Å²) in [6.07, 6.45) is 2.02. The molecule has 0 aromatic heterocycles. The van der Waals surface area contributed by atoms with E-state index in [1.807, 2.05) is 12.1 Å². The van der Waals surface area contributed by atoms with Crippen LogP contribution in [0.25, 0.3) is 0 Å². The van der Waals surface area contributed by atoms with Crippen molar-refractivity contribution in [1.29, 1.82) is 0 Å². The molecule has 2 rings (SSSR count). The first-order valence-corrected chi connectivity index (χ1v) is 4.41. The van der Waals surface area contributed by atoms with Crippen LogP contribution < -0.4 is 15.2 Å². The highest BCUT2D eigenvalue weighted by atomic mass is 16.5. The van der Waals surface area contributed by atoms with Gasteiger partial charge in [0.25, 0.3) is 0 Å². The van der Waals surface area contributed by atoms with Gasteiger partial charge in [-0.3, -0.25) is 0 Å². The van der Waals surface area contributed by atoms with E-state index < -0.39 is 0 Å². The fourth-order valence-electron chi connectivity index (χ4n) is 1.65. The van der Waals surface area contributed by atoms with Crippen LogP contribution in [0.3, 0.4) is 0 Å². The fraction of sp³-hybridized carbons (Fsp3) is 0.400. The average molecular weight is 179 g/mol. The molecule has 1 aromatic carbocycles. The molecular formula is C10H13NO2. The van der Waals surface area contributed by atoms with Gasteiger partial charge < -0.3 is 15.2 Å². The second kappa shape index (κ2) is 3.17. The van der Waals surface area contributed by atoms with Gasteiger partial charge in [-0.05, 0) is 25.0 Å². The first-order chi connectivity index (χ1) is 6.33. The molecule has 1 heterocycles. The van der Waals surface area contributed by atoms with E-state index in [1.54, 1.807) is 7.11 Å².